The first kappa shape index (κ1) is 19.4. The molecule has 2 aromatic heterocycles. The van der Waals surface area contributed by atoms with Crippen LogP contribution in [0, 0.1) is 0 Å². The lowest BCUT2D eigenvalue weighted by Crippen LogP contribution is -2.36. The molecule has 0 aliphatic carbocycles. The van der Waals surface area contributed by atoms with Gasteiger partial charge in [0.25, 0.3) is 0 Å². The van der Waals surface area contributed by atoms with Crippen molar-refractivity contribution in [2.45, 2.75) is 31.6 Å². The monoisotopic (exact) mass is 402 g/mol. The Hall–Kier alpha value is -2.87. The van der Waals surface area contributed by atoms with Gasteiger partial charge in [0.1, 0.15) is 5.65 Å². The number of aromatic nitrogens is 2. The highest BCUT2D eigenvalue weighted by Gasteiger charge is 2.31. The number of nitrogens with zero attached hydrogens (tertiary/aromatic N) is 3. The molecule has 1 aromatic carbocycles. The quantitative estimate of drug-likeness (QED) is 0.682. The third-order valence-corrected chi connectivity index (χ3v) is 5.21. The number of benzene rings is 1. The van der Waals surface area contributed by atoms with E-state index in [-0.39, 0.29) is 5.91 Å². The van der Waals surface area contributed by atoms with Crippen LogP contribution >= 0.6 is 0 Å². The number of pyridine rings is 1. The minimum Gasteiger partial charge on any atom is -0.341 e. The molecule has 3 heterocycles. The zero-order chi connectivity index (χ0) is 20.4. The van der Waals surface area contributed by atoms with Crippen LogP contribution < -0.4 is 5.32 Å². The Bertz CT molecular complexity index is 1010. The van der Waals surface area contributed by atoms with Crippen LogP contribution in [0.4, 0.5) is 13.2 Å². The molecule has 8 heteroatoms. The normalized spacial score (nSPS) is 16.0. The molecule has 1 aliphatic heterocycles. The lowest BCUT2D eigenvalue weighted by atomic mass is 10.0. The number of fused-ring (bicyclic) bond motifs is 1. The fourth-order valence-corrected chi connectivity index (χ4v) is 3.68. The highest BCUT2D eigenvalue weighted by Crippen LogP contribution is 2.31. The molecule has 1 unspecified atom stereocenters. The van der Waals surface area contributed by atoms with Crippen molar-refractivity contribution in [2.75, 3.05) is 13.1 Å². The van der Waals surface area contributed by atoms with Gasteiger partial charge in [-0.25, -0.2) is 4.98 Å². The van der Waals surface area contributed by atoms with Gasteiger partial charge in [-0.2, -0.15) is 13.2 Å². The van der Waals surface area contributed by atoms with E-state index in [1.165, 1.54) is 6.07 Å². The average molecular weight is 402 g/mol. The molecule has 1 aliphatic rings. The smallest absolute Gasteiger partial charge is 0.341 e. The first-order valence-electron chi connectivity index (χ1n) is 9.51. The van der Waals surface area contributed by atoms with Crippen LogP contribution in [0.3, 0.4) is 0 Å². The van der Waals surface area contributed by atoms with Crippen molar-refractivity contribution in [1.82, 2.24) is 19.6 Å². The molecule has 29 heavy (non-hydrogen) atoms. The van der Waals surface area contributed by atoms with Gasteiger partial charge in [-0.3, -0.25) is 4.79 Å². The van der Waals surface area contributed by atoms with Crippen molar-refractivity contribution in [3.63, 3.8) is 0 Å². The van der Waals surface area contributed by atoms with E-state index in [1.54, 1.807) is 17.2 Å². The van der Waals surface area contributed by atoms with E-state index in [0.717, 1.165) is 29.9 Å². The summed E-state index contributed by atoms with van der Waals surface area (Å²) in [5.74, 6) is 0.0404. The molecular formula is C21H21F3N4O. The van der Waals surface area contributed by atoms with Gasteiger partial charge in [0.05, 0.1) is 23.5 Å². The van der Waals surface area contributed by atoms with Gasteiger partial charge in [0, 0.05) is 32.3 Å². The Labute approximate surface area is 166 Å². The van der Waals surface area contributed by atoms with E-state index in [0.29, 0.717) is 31.6 Å². The van der Waals surface area contributed by atoms with Gasteiger partial charge < -0.3 is 14.6 Å². The number of amides is 1. The summed E-state index contributed by atoms with van der Waals surface area (Å²) in [4.78, 5) is 18.1. The number of alkyl halides is 3. The number of hydrogen-bond acceptors (Lipinski definition) is 3. The molecule has 5 nitrogen and oxygen atoms in total. The summed E-state index contributed by atoms with van der Waals surface area (Å²) in [7, 11) is 0. The number of rotatable bonds is 6. The predicted octanol–water partition coefficient (Wildman–Crippen LogP) is 3.81. The fraction of sp³-hybridized carbons (Fsp3) is 0.333. The zero-order valence-corrected chi connectivity index (χ0v) is 15.7. The van der Waals surface area contributed by atoms with Crippen LogP contribution in [0.15, 0.2) is 54.9 Å². The van der Waals surface area contributed by atoms with Crippen molar-refractivity contribution in [3.8, 4) is 0 Å². The van der Waals surface area contributed by atoms with E-state index in [1.807, 2.05) is 28.8 Å². The summed E-state index contributed by atoms with van der Waals surface area (Å²) in [6, 6.07) is 10.5. The second-order valence-corrected chi connectivity index (χ2v) is 7.18. The average Bonchev–Trinajstić information content (AvgIpc) is 3.30. The SMILES string of the molecule is O=C1CCCN1CC(NCc1cnc2ccccn12)c1cccc(C(F)(F)F)c1. The fourth-order valence-electron chi connectivity index (χ4n) is 3.68. The Morgan fingerprint density at radius 2 is 2.03 bits per heavy atom. The topological polar surface area (TPSA) is 49.6 Å². The van der Waals surface area contributed by atoms with Gasteiger partial charge in [-0.1, -0.05) is 18.2 Å². The lowest BCUT2D eigenvalue weighted by molar-refractivity contribution is -0.137. The summed E-state index contributed by atoms with van der Waals surface area (Å²) in [6.07, 6.45) is 0.491. The lowest BCUT2D eigenvalue weighted by Gasteiger charge is -2.26. The number of nitrogens with one attached hydrogen (secondary N) is 1. The molecule has 1 amide bonds. The Kier molecular flexibility index (Phi) is 5.27. The summed E-state index contributed by atoms with van der Waals surface area (Å²) in [6.45, 7) is 1.37. The molecular weight excluding hydrogens is 381 g/mol. The van der Waals surface area contributed by atoms with Crippen molar-refractivity contribution in [2.24, 2.45) is 0 Å². The number of carbonyl (C=O) groups is 1. The van der Waals surface area contributed by atoms with Gasteiger partial charge in [0.2, 0.25) is 5.91 Å². The van der Waals surface area contributed by atoms with Crippen LogP contribution in [-0.4, -0.2) is 33.3 Å². The van der Waals surface area contributed by atoms with Crippen molar-refractivity contribution < 1.29 is 18.0 Å². The van der Waals surface area contributed by atoms with Crippen LogP contribution in [0.1, 0.15) is 35.7 Å². The van der Waals surface area contributed by atoms with E-state index >= 15 is 0 Å². The third-order valence-electron chi connectivity index (χ3n) is 5.21. The Balaban J connectivity index is 1.59. The zero-order valence-electron chi connectivity index (χ0n) is 15.7. The van der Waals surface area contributed by atoms with Gasteiger partial charge in [0.15, 0.2) is 0 Å². The minimum atomic E-state index is -4.41. The first-order chi connectivity index (χ1) is 13.9. The number of carbonyl (C=O) groups excluding carboxylic acids is 1. The molecule has 1 fully saturated rings. The highest BCUT2D eigenvalue weighted by molar-refractivity contribution is 5.78. The van der Waals surface area contributed by atoms with Gasteiger partial charge >= 0.3 is 6.18 Å². The summed E-state index contributed by atoms with van der Waals surface area (Å²) < 4.78 is 41.5. The molecule has 1 atom stereocenters. The van der Waals surface area contributed by atoms with Crippen LogP contribution in [0.25, 0.3) is 5.65 Å². The van der Waals surface area contributed by atoms with E-state index in [4.69, 9.17) is 0 Å². The highest BCUT2D eigenvalue weighted by atomic mass is 19.4. The molecule has 0 radical (unpaired) electrons. The standard InChI is InChI=1S/C21H21F3N4O/c22-21(23,24)16-6-3-5-15(11-16)18(14-27-9-4-8-20(27)29)25-12-17-13-26-19-7-1-2-10-28(17)19/h1-3,5-7,10-11,13,18,25H,4,8-9,12,14H2. The maximum atomic E-state index is 13.2. The summed E-state index contributed by atoms with van der Waals surface area (Å²) in [5, 5.41) is 3.33. The molecule has 1 N–H and O–H groups in total. The molecule has 3 aromatic rings. The van der Waals surface area contributed by atoms with Gasteiger partial charge in [-0.15, -0.1) is 0 Å². The first-order valence-corrected chi connectivity index (χ1v) is 9.51. The molecule has 0 spiro atoms. The van der Waals surface area contributed by atoms with Crippen molar-refractivity contribution >= 4 is 11.6 Å². The molecule has 0 bridgehead atoms. The second kappa shape index (κ2) is 7.87. The van der Waals surface area contributed by atoms with E-state index in [9.17, 15) is 18.0 Å². The van der Waals surface area contributed by atoms with E-state index in [2.05, 4.69) is 10.3 Å². The maximum absolute atomic E-state index is 13.2. The van der Waals surface area contributed by atoms with Gasteiger partial charge in [-0.05, 0) is 36.2 Å². The third kappa shape index (κ3) is 4.27. The van der Waals surface area contributed by atoms with Crippen LogP contribution in [-0.2, 0) is 17.5 Å². The largest absolute Gasteiger partial charge is 0.416 e. The van der Waals surface area contributed by atoms with Crippen LogP contribution in [0.2, 0.25) is 0 Å². The predicted molar refractivity (Wildman–Crippen MR) is 102 cm³/mol. The minimum absolute atomic E-state index is 0.0404. The number of halogens is 3. The second-order valence-electron chi connectivity index (χ2n) is 7.18. The van der Waals surface area contributed by atoms with Crippen molar-refractivity contribution in [3.05, 3.63) is 71.7 Å². The summed E-state index contributed by atoms with van der Waals surface area (Å²) in [5.41, 5.74) is 1.51. The number of hydrogen-bond donors (Lipinski definition) is 1. The molecule has 152 valence electrons. The van der Waals surface area contributed by atoms with Crippen LogP contribution in [0.5, 0.6) is 0 Å². The number of likely N-dealkylation sites (tertiary alicyclic amines) is 1. The Morgan fingerprint density at radius 3 is 2.79 bits per heavy atom. The molecule has 0 saturated carbocycles. The summed E-state index contributed by atoms with van der Waals surface area (Å²) >= 11 is 0. The van der Waals surface area contributed by atoms with E-state index < -0.39 is 17.8 Å². The maximum Gasteiger partial charge on any atom is 0.416 e. The van der Waals surface area contributed by atoms with Crippen molar-refractivity contribution in [1.29, 1.82) is 0 Å². The molecule has 4 rings (SSSR count). The number of imidazole rings is 1. The Morgan fingerprint density at radius 1 is 1.17 bits per heavy atom. The molecule has 1 saturated heterocycles.